The summed E-state index contributed by atoms with van der Waals surface area (Å²) in [4.78, 5) is 23.7. The Kier molecular flexibility index (Phi) is 4.30. The Morgan fingerprint density at radius 3 is 2.84 bits per heavy atom. The molecule has 7 nitrogen and oxygen atoms in total. The van der Waals surface area contributed by atoms with Gasteiger partial charge in [-0.25, -0.2) is 0 Å². The highest BCUT2D eigenvalue weighted by Crippen LogP contribution is 2.16. The second-order valence-corrected chi connectivity index (χ2v) is 4.15. The summed E-state index contributed by atoms with van der Waals surface area (Å²) >= 11 is 0. The van der Waals surface area contributed by atoms with E-state index in [2.05, 4.69) is 5.32 Å². The van der Waals surface area contributed by atoms with E-state index in [9.17, 15) is 14.9 Å². The molecule has 0 aliphatic carbocycles. The van der Waals surface area contributed by atoms with E-state index in [0.29, 0.717) is 32.0 Å². The van der Waals surface area contributed by atoms with E-state index in [1.54, 1.807) is 17.0 Å². The zero-order valence-corrected chi connectivity index (χ0v) is 10.4. The minimum absolute atomic E-state index is 0.00354. The minimum Gasteiger partial charge on any atom is -0.378 e. The predicted molar refractivity (Wildman–Crippen MR) is 69.0 cm³/mol. The van der Waals surface area contributed by atoms with Gasteiger partial charge < -0.3 is 15.0 Å². The molecule has 0 atom stereocenters. The molecule has 0 spiro atoms. The molecule has 0 bridgehead atoms. The van der Waals surface area contributed by atoms with Crippen LogP contribution in [0.15, 0.2) is 24.3 Å². The van der Waals surface area contributed by atoms with E-state index < -0.39 is 4.92 Å². The molecule has 0 aromatic heterocycles. The van der Waals surface area contributed by atoms with Crippen LogP contribution >= 0.6 is 0 Å². The molecule has 1 heterocycles. The molecule has 102 valence electrons. The molecule has 1 N–H and O–H groups in total. The van der Waals surface area contributed by atoms with Crippen LogP contribution in [-0.2, 0) is 9.53 Å². The average Bonchev–Trinajstić information content (AvgIpc) is 2.46. The van der Waals surface area contributed by atoms with Crippen molar-refractivity contribution in [1.82, 2.24) is 4.90 Å². The van der Waals surface area contributed by atoms with Crippen LogP contribution in [0.4, 0.5) is 11.4 Å². The number of nitro benzene ring substituents is 1. The van der Waals surface area contributed by atoms with Crippen molar-refractivity contribution in [2.45, 2.75) is 0 Å². The second kappa shape index (κ2) is 6.14. The molecule has 19 heavy (non-hydrogen) atoms. The standard InChI is InChI=1S/C12H15N3O4/c16-12(14-4-6-19-7-5-14)9-13-10-2-1-3-11(8-10)15(17)18/h1-3,8,13H,4-7,9H2. The molecule has 1 amide bonds. The number of anilines is 1. The Morgan fingerprint density at radius 2 is 2.16 bits per heavy atom. The zero-order valence-electron chi connectivity index (χ0n) is 10.4. The number of nitro groups is 1. The summed E-state index contributed by atoms with van der Waals surface area (Å²) in [5.41, 5.74) is 0.569. The number of nitrogens with zero attached hydrogens (tertiary/aromatic N) is 2. The van der Waals surface area contributed by atoms with Crippen LogP contribution in [0.5, 0.6) is 0 Å². The lowest BCUT2D eigenvalue weighted by Crippen LogP contribution is -2.43. The Balaban J connectivity index is 1.89. The topological polar surface area (TPSA) is 84.7 Å². The number of amides is 1. The molecular formula is C12H15N3O4. The first-order valence-electron chi connectivity index (χ1n) is 6.00. The van der Waals surface area contributed by atoms with E-state index in [4.69, 9.17) is 4.74 Å². The molecule has 2 rings (SSSR count). The van der Waals surface area contributed by atoms with Gasteiger partial charge >= 0.3 is 0 Å². The summed E-state index contributed by atoms with van der Waals surface area (Å²) in [6.07, 6.45) is 0. The van der Waals surface area contributed by atoms with Crippen LogP contribution in [0, 0.1) is 10.1 Å². The van der Waals surface area contributed by atoms with Crippen molar-refractivity contribution in [3.05, 3.63) is 34.4 Å². The Hall–Kier alpha value is -2.15. The van der Waals surface area contributed by atoms with Gasteiger partial charge in [0.2, 0.25) is 5.91 Å². The van der Waals surface area contributed by atoms with Crippen molar-refractivity contribution in [3.63, 3.8) is 0 Å². The number of morpholine rings is 1. The monoisotopic (exact) mass is 265 g/mol. The number of carbonyl (C=O) groups excluding carboxylic acids is 1. The van der Waals surface area contributed by atoms with Crippen LogP contribution < -0.4 is 5.32 Å². The first-order chi connectivity index (χ1) is 9.16. The van der Waals surface area contributed by atoms with Gasteiger partial charge in [0.25, 0.3) is 5.69 Å². The van der Waals surface area contributed by atoms with E-state index >= 15 is 0 Å². The first kappa shape index (κ1) is 13.3. The number of hydrogen-bond acceptors (Lipinski definition) is 5. The number of ether oxygens (including phenoxy) is 1. The summed E-state index contributed by atoms with van der Waals surface area (Å²) in [7, 11) is 0. The number of hydrogen-bond donors (Lipinski definition) is 1. The summed E-state index contributed by atoms with van der Waals surface area (Å²) in [6, 6.07) is 6.10. The van der Waals surface area contributed by atoms with E-state index in [-0.39, 0.29) is 18.1 Å². The molecule has 1 aliphatic heterocycles. The third-order valence-electron chi connectivity index (χ3n) is 2.86. The molecule has 1 aromatic carbocycles. The van der Waals surface area contributed by atoms with Crippen molar-refractivity contribution < 1.29 is 14.5 Å². The quantitative estimate of drug-likeness (QED) is 0.645. The van der Waals surface area contributed by atoms with Crippen LogP contribution in [0.25, 0.3) is 0 Å². The van der Waals surface area contributed by atoms with Crippen LogP contribution in [-0.4, -0.2) is 48.6 Å². The van der Waals surface area contributed by atoms with Gasteiger partial charge in [0.1, 0.15) is 0 Å². The molecule has 1 saturated heterocycles. The van der Waals surface area contributed by atoms with Crippen molar-refractivity contribution >= 4 is 17.3 Å². The van der Waals surface area contributed by atoms with Gasteiger partial charge in [-0.05, 0) is 6.07 Å². The molecule has 0 saturated carbocycles. The number of benzene rings is 1. The van der Waals surface area contributed by atoms with E-state index in [1.807, 2.05) is 0 Å². The van der Waals surface area contributed by atoms with Crippen LogP contribution in [0.2, 0.25) is 0 Å². The lowest BCUT2D eigenvalue weighted by Gasteiger charge is -2.27. The third-order valence-corrected chi connectivity index (χ3v) is 2.86. The highest BCUT2D eigenvalue weighted by Gasteiger charge is 2.16. The van der Waals surface area contributed by atoms with Crippen molar-refractivity contribution in [1.29, 1.82) is 0 Å². The van der Waals surface area contributed by atoms with Gasteiger partial charge in [-0.15, -0.1) is 0 Å². The van der Waals surface area contributed by atoms with Gasteiger partial charge in [-0.1, -0.05) is 6.07 Å². The van der Waals surface area contributed by atoms with Crippen molar-refractivity contribution in [2.24, 2.45) is 0 Å². The molecule has 1 aliphatic rings. The normalized spacial score (nSPS) is 15.1. The van der Waals surface area contributed by atoms with Gasteiger partial charge in [-0.3, -0.25) is 14.9 Å². The van der Waals surface area contributed by atoms with Gasteiger partial charge in [0.05, 0.1) is 24.7 Å². The zero-order chi connectivity index (χ0) is 13.7. The highest BCUT2D eigenvalue weighted by molar-refractivity contribution is 5.81. The maximum absolute atomic E-state index is 11.9. The molecule has 1 aromatic rings. The third kappa shape index (κ3) is 3.65. The van der Waals surface area contributed by atoms with E-state index in [1.165, 1.54) is 12.1 Å². The largest absolute Gasteiger partial charge is 0.378 e. The fourth-order valence-corrected chi connectivity index (χ4v) is 1.83. The van der Waals surface area contributed by atoms with Crippen LogP contribution in [0.3, 0.4) is 0 Å². The molecule has 0 unspecified atom stereocenters. The smallest absolute Gasteiger partial charge is 0.271 e. The molecule has 1 fully saturated rings. The maximum Gasteiger partial charge on any atom is 0.271 e. The first-order valence-corrected chi connectivity index (χ1v) is 6.00. The summed E-state index contributed by atoms with van der Waals surface area (Å²) in [6.45, 7) is 2.43. The molecule has 7 heteroatoms. The predicted octanol–water partition coefficient (Wildman–Crippen LogP) is 0.865. The van der Waals surface area contributed by atoms with Crippen LogP contribution in [0.1, 0.15) is 0 Å². The van der Waals surface area contributed by atoms with Gasteiger partial charge in [0, 0.05) is 30.9 Å². The van der Waals surface area contributed by atoms with Gasteiger partial charge in [0.15, 0.2) is 0 Å². The fraction of sp³-hybridized carbons (Fsp3) is 0.417. The molecule has 0 radical (unpaired) electrons. The lowest BCUT2D eigenvalue weighted by atomic mass is 10.3. The Bertz CT molecular complexity index is 472. The lowest BCUT2D eigenvalue weighted by molar-refractivity contribution is -0.384. The maximum atomic E-state index is 11.9. The number of rotatable bonds is 4. The number of carbonyl (C=O) groups is 1. The van der Waals surface area contributed by atoms with Gasteiger partial charge in [-0.2, -0.15) is 0 Å². The number of nitrogens with one attached hydrogen (secondary N) is 1. The average molecular weight is 265 g/mol. The summed E-state index contributed by atoms with van der Waals surface area (Å²) in [5, 5.41) is 13.5. The Morgan fingerprint density at radius 1 is 1.42 bits per heavy atom. The summed E-state index contributed by atoms with van der Waals surface area (Å²) < 4.78 is 5.17. The molecular weight excluding hydrogens is 250 g/mol. The van der Waals surface area contributed by atoms with Crippen molar-refractivity contribution in [3.8, 4) is 0 Å². The SMILES string of the molecule is O=C(CNc1cccc([N+](=O)[O-])c1)N1CCOCC1. The Labute approximate surface area is 110 Å². The van der Waals surface area contributed by atoms with Crippen molar-refractivity contribution in [2.75, 3.05) is 38.2 Å². The van der Waals surface area contributed by atoms with E-state index in [0.717, 1.165) is 0 Å². The highest BCUT2D eigenvalue weighted by atomic mass is 16.6. The summed E-state index contributed by atoms with van der Waals surface area (Å²) in [5.74, 6) is -0.0326. The number of non-ortho nitro benzene ring substituents is 1. The second-order valence-electron chi connectivity index (χ2n) is 4.15. The fourth-order valence-electron chi connectivity index (χ4n) is 1.83. The minimum atomic E-state index is -0.463.